The fourth-order valence-corrected chi connectivity index (χ4v) is 0.842. The third-order valence-corrected chi connectivity index (χ3v) is 1.95. The summed E-state index contributed by atoms with van der Waals surface area (Å²) in [5, 5.41) is 0. The number of hydrogen-bond donors (Lipinski definition) is 1. The number of phosphoric ester groups is 1. The maximum absolute atomic E-state index is 10.6. The van der Waals surface area contributed by atoms with Crippen LogP contribution in [0.25, 0.3) is 0 Å². The molecule has 0 heterocycles. The molecule has 0 aliphatic heterocycles. The zero-order chi connectivity index (χ0) is 8.04. The summed E-state index contributed by atoms with van der Waals surface area (Å²) in [5.74, 6) is 0. The molecule has 0 fully saturated rings. The first-order chi connectivity index (χ1) is 4.62. The molecule has 4 nitrogen and oxygen atoms in total. The molecule has 0 radical (unpaired) electrons. The Morgan fingerprint density at radius 2 is 2.20 bits per heavy atom. The van der Waals surface area contributed by atoms with Crippen molar-refractivity contribution in [3.05, 3.63) is 0 Å². The van der Waals surface area contributed by atoms with E-state index in [2.05, 4.69) is 9.05 Å². The molecule has 0 aromatic carbocycles. The van der Waals surface area contributed by atoms with Gasteiger partial charge < -0.3 is 4.89 Å². The molecule has 0 amide bonds. The molecule has 0 bridgehead atoms. The minimum absolute atomic E-state index is 0.276. The molecule has 10 heavy (non-hydrogen) atoms. The van der Waals surface area contributed by atoms with Gasteiger partial charge in [-0.15, -0.1) is 0 Å². The van der Waals surface area contributed by atoms with E-state index in [1.54, 1.807) is 0 Å². The molecule has 0 aliphatic carbocycles. The second-order valence-electron chi connectivity index (χ2n) is 1.84. The van der Waals surface area contributed by atoms with Gasteiger partial charge in [-0.3, -0.25) is 9.05 Å². The van der Waals surface area contributed by atoms with E-state index in [9.17, 15) is 4.57 Å². The Hall–Kier alpha value is 0.110. The van der Waals surface area contributed by atoms with Gasteiger partial charge in [-0.1, -0.05) is 13.3 Å². The van der Waals surface area contributed by atoms with E-state index in [1.165, 1.54) is 0 Å². The predicted octanol–water partition coefficient (Wildman–Crippen LogP) is 1.55. The third kappa shape index (κ3) is 4.94. The highest BCUT2D eigenvalue weighted by Crippen LogP contribution is 2.41. The molecule has 1 unspecified atom stereocenters. The van der Waals surface area contributed by atoms with Gasteiger partial charge >= 0.3 is 7.82 Å². The summed E-state index contributed by atoms with van der Waals surface area (Å²) in [7, 11) is -2.56. The van der Waals surface area contributed by atoms with Crippen molar-refractivity contribution in [3.63, 3.8) is 0 Å². The molecular formula is C5H13O4P. The number of rotatable bonds is 5. The SMILES string of the molecule is CCCCOP(=O)(O)OC. The lowest BCUT2D eigenvalue weighted by atomic mass is 10.4. The van der Waals surface area contributed by atoms with Crippen molar-refractivity contribution in [2.45, 2.75) is 19.8 Å². The average Bonchev–Trinajstić information content (AvgIpc) is 1.89. The summed E-state index contributed by atoms with van der Waals surface area (Å²) >= 11 is 0. The van der Waals surface area contributed by atoms with Crippen LogP contribution in [0.2, 0.25) is 0 Å². The van der Waals surface area contributed by atoms with Gasteiger partial charge in [0, 0.05) is 7.11 Å². The molecule has 1 N–H and O–H groups in total. The van der Waals surface area contributed by atoms with Crippen molar-refractivity contribution < 1.29 is 18.5 Å². The summed E-state index contributed by atoms with van der Waals surface area (Å²) < 4.78 is 19.2. The van der Waals surface area contributed by atoms with Gasteiger partial charge in [0.1, 0.15) is 0 Å². The van der Waals surface area contributed by atoms with Crippen LogP contribution in [0.3, 0.4) is 0 Å². The van der Waals surface area contributed by atoms with Gasteiger partial charge in [0.05, 0.1) is 6.61 Å². The lowest BCUT2D eigenvalue weighted by Gasteiger charge is -2.07. The molecule has 62 valence electrons. The molecule has 0 saturated carbocycles. The second-order valence-corrected chi connectivity index (χ2v) is 3.40. The Balaban J connectivity index is 3.38. The van der Waals surface area contributed by atoms with Crippen LogP contribution in [0.1, 0.15) is 19.8 Å². The topological polar surface area (TPSA) is 55.8 Å². The number of unbranched alkanes of at least 4 members (excludes halogenated alkanes) is 1. The lowest BCUT2D eigenvalue weighted by Crippen LogP contribution is -1.93. The van der Waals surface area contributed by atoms with Crippen LogP contribution in [0, 0.1) is 0 Å². The Labute approximate surface area is 60.8 Å². The first kappa shape index (κ1) is 10.1. The van der Waals surface area contributed by atoms with Crippen molar-refractivity contribution in [1.29, 1.82) is 0 Å². The van der Waals surface area contributed by atoms with E-state index in [0.717, 1.165) is 20.0 Å². The van der Waals surface area contributed by atoms with E-state index in [-0.39, 0.29) is 6.61 Å². The van der Waals surface area contributed by atoms with E-state index in [1.807, 2.05) is 6.92 Å². The summed E-state index contributed by atoms with van der Waals surface area (Å²) in [6, 6.07) is 0. The molecule has 0 spiro atoms. The van der Waals surface area contributed by atoms with Gasteiger partial charge in [0.15, 0.2) is 0 Å². The molecule has 0 aromatic rings. The normalized spacial score (nSPS) is 16.7. The van der Waals surface area contributed by atoms with Crippen molar-refractivity contribution >= 4 is 7.82 Å². The van der Waals surface area contributed by atoms with Gasteiger partial charge in [0.25, 0.3) is 0 Å². The van der Waals surface area contributed by atoms with Gasteiger partial charge in [-0.25, -0.2) is 4.57 Å². The largest absolute Gasteiger partial charge is 0.471 e. The molecule has 0 rings (SSSR count). The Kier molecular flexibility index (Phi) is 4.91. The van der Waals surface area contributed by atoms with Crippen molar-refractivity contribution in [3.8, 4) is 0 Å². The van der Waals surface area contributed by atoms with E-state index in [0.29, 0.717) is 0 Å². The monoisotopic (exact) mass is 168 g/mol. The number of hydrogen-bond acceptors (Lipinski definition) is 3. The van der Waals surface area contributed by atoms with Crippen molar-refractivity contribution in [1.82, 2.24) is 0 Å². The van der Waals surface area contributed by atoms with Gasteiger partial charge in [0.2, 0.25) is 0 Å². The van der Waals surface area contributed by atoms with Crippen LogP contribution >= 0.6 is 7.82 Å². The maximum Gasteiger partial charge on any atom is 0.471 e. The number of phosphoric acid groups is 1. The summed E-state index contributed by atoms with van der Waals surface area (Å²) in [6.45, 7) is 2.25. The maximum atomic E-state index is 10.6. The van der Waals surface area contributed by atoms with Crippen LogP contribution in [0.5, 0.6) is 0 Å². The van der Waals surface area contributed by atoms with Crippen LogP contribution in [-0.2, 0) is 13.6 Å². The Bertz CT molecular complexity index is 125. The highest BCUT2D eigenvalue weighted by Gasteiger charge is 2.16. The zero-order valence-corrected chi connectivity index (χ0v) is 7.13. The van der Waals surface area contributed by atoms with Gasteiger partial charge in [-0.05, 0) is 6.42 Å². The lowest BCUT2D eigenvalue weighted by molar-refractivity contribution is 0.171. The second kappa shape index (κ2) is 4.85. The van der Waals surface area contributed by atoms with E-state index >= 15 is 0 Å². The highest BCUT2D eigenvalue weighted by atomic mass is 31.2. The van der Waals surface area contributed by atoms with E-state index < -0.39 is 7.82 Å². The molecule has 5 heteroatoms. The summed E-state index contributed by atoms with van der Waals surface area (Å²) in [6.07, 6.45) is 1.71. The molecule has 0 aliphatic rings. The first-order valence-electron chi connectivity index (χ1n) is 3.15. The Morgan fingerprint density at radius 1 is 1.60 bits per heavy atom. The Morgan fingerprint density at radius 3 is 2.60 bits per heavy atom. The smallest absolute Gasteiger partial charge is 0.303 e. The fraction of sp³-hybridized carbons (Fsp3) is 1.00. The predicted molar refractivity (Wildman–Crippen MR) is 37.7 cm³/mol. The first-order valence-corrected chi connectivity index (χ1v) is 4.65. The van der Waals surface area contributed by atoms with Crippen molar-refractivity contribution in [2.75, 3.05) is 13.7 Å². The van der Waals surface area contributed by atoms with E-state index in [4.69, 9.17) is 4.89 Å². The molecular weight excluding hydrogens is 155 g/mol. The molecule has 1 atom stereocenters. The standard InChI is InChI=1S/C5H13O4P/c1-3-4-5-9-10(6,7)8-2/h3-5H2,1-2H3,(H,6,7). The molecule has 0 saturated heterocycles. The van der Waals surface area contributed by atoms with Crippen LogP contribution in [0.15, 0.2) is 0 Å². The summed E-state index contributed by atoms with van der Waals surface area (Å²) in [5.41, 5.74) is 0. The van der Waals surface area contributed by atoms with Gasteiger partial charge in [-0.2, -0.15) is 0 Å². The molecule has 0 aromatic heterocycles. The summed E-state index contributed by atoms with van der Waals surface area (Å²) in [4.78, 5) is 8.66. The minimum Gasteiger partial charge on any atom is -0.303 e. The third-order valence-electron chi connectivity index (χ3n) is 0.983. The van der Waals surface area contributed by atoms with Crippen LogP contribution in [0.4, 0.5) is 0 Å². The fourth-order valence-electron chi connectivity index (χ4n) is 0.377. The average molecular weight is 168 g/mol. The zero-order valence-electron chi connectivity index (χ0n) is 6.24. The highest BCUT2D eigenvalue weighted by molar-refractivity contribution is 7.47. The van der Waals surface area contributed by atoms with Crippen LogP contribution < -0.4 is 0 Å². The minimum atomic E-state index is -3.70. The van der Waals surface area contributed by atoms with Crippen LogP contribution in [-0.4, -0.2) is 18.6 Å². The van der Waals surface area contributed by atoms with Crippen molar-refractivity contribution in [2.24, 2.45) is 0 Å². The quantitative estimate of drug-likeness (QED) is 0.499.